The highest BCUT2D eigenvalue weighted by Crippen LogP contribution is 2.35. The maximum absolute atomic E-state index is 12.7. The number of hydrogen-bond acceptors (Lipinski definition) is 9. The van der Waals surface area contributed by atoms with Gasteiger partial charge in [0.15, 0.2) is 15.8 Å². The van der Waals surface area contributed by atoms with E-state index in [4.69, 9.17) is 9.47 Å². The standard InChI is InChI=1S/C21H22N4O5S3/c1-2-33(27,28)25(16-8-9-17-18(12-16)30-11-10-29-17)13-19(26)22-20-23-24-21(32-20)31-14-15-6-4-3-5-7-15/h3-9,12H,2,10-11,13-14H2,1H3,(H,22,23,26). The second-order valence-electron chi connectivity index (χ2n) is 6.93. The van der Waals surface area contributed by atoms with E-state index < -0.39 is 22.5 Å². The number of ether oxygens (including phenoxy) is 2. The van der Waals surface area contributed by atoms with Crippen LogP contribution in [0.3, 0.4) is 0 Å². The molecule has 4 rings (SSSR count). The summed E-state index contributed by atoms with van der Waals surface area (Å²) in [4.78, 5) is 12.7. The molecule has 2 heterocycles. The van der Waals surface area contributed by atoms with Crippen molar-refractivity contribution in [3.63, 3.8) is 0 Å². The lowest BCUT2D eigenvalue weighted by molar-refractivity contribution is -0.114. The van der Waals surface area contributed by atoms with Crippen LogP contribution in [0.25, 0.3) is 0 Å². The van der Waals surface area contributed by atoms with Gasteiger partial charge in [-0.3, -0.25) is 14.4 Å². The van der Waals surface area contributed by atoms with Gasteiger partial charge < -0.3 is 9.47 Å². The van der Waals surface area contributed by atoms with Gasteiger partial charge in [0.05, 0.1) is 11.4 Å². The zero-order chi connectivity index (χ0) is 23.3. The number of thioether (sulfide) groups is 1. The molecule has 0 fully saturated rings. The number of nitrogens with one attached hydrogen (secondary N) is 1. The molecule has 33 heavy (non-hydrogen) atoms. The molecule has 0 aliphatic carbocycles. The summed E-state index contributed by atoms with van der Waals surface area (Å²) in [6, 6.07) is 14.8. The van der Waals surface area contributed by atoms with E-state index in [1.807, 2.05) is 30.3 Å². The Hall–Kier alpha value is -2.83. The Morgan fingerprint density at radius 2 is 1.88 bits per heavy atom. The fourth-order valence-corrected chi connectivity index (χ4v) is 5.80. The van der Waals surface area contributed by atoms with Crippen molar-refractivity contribution in [3.05, 3.63) is 54.1 Å². The Balaban J connectivity index is 1.43. The zero-order valence-corrected chi connectivity index (χ0v) is 20.2. The predicted octanol–water partition coefficient (Wildman–Crippen LogP) is 3.40. The van der Waals surface area contributed by atoms with Crippen molar-refractivity contribution in [2.75, 3.05) is 35.1 Å². The van der Waals surface area contributed by atoms with Gasteiger partial charge in [0, 0.05) is 11.8 Å². The van der Waals surface area contributed by atoms with Crippen molar-refractivity contribution >= 4 is 49.8 Å². The van der Waals surface area contributed by atoms with Gasteiger partial charge in [-0.15, -0.1) is 10.2 Å². The van der Waals surface area contributed by atoms with Gasteiger partial charge >= 0.3 is 0 Å². The van der Waals surface area contributed by atoms with E-state index >= 15 is 0 Å². The van der Waals surface area contributed by atoms with Crippen LogP contribution in [0.2, 0.25) is 0 Å². The molecule has 2 aromatic carbocycles. The minimum absolute atomic E-state index is 0.159. The molecule has 174 valence electrons. The number of sulfonamides is 1. The van der Waals surface area contributed by atoms with Crippen molar-refractivity contribution in [1.29, 1.82) is 0 Å². The van der Waals surface area contributed by atoms with Crippen molar-refractivity contribution in [1.82, 2.24) is 10.2 Å². The molecular weight excluding hydrogens is 484 g/mol. The van der Waals surface area contributed by atoms with Crippen molar-refractivity contribution < 1.29 is 22.7 Å². The third-order valence-electron chi connectivity index (χ3n) is 4.66. The number of hydrogen-bond donors (Lipinski definition) is 1. The number of aromatic nitrogens is 2. The van der Waals surface area contributed by atoms with Crippen LogP contribution in [0.1, 0.15) is 12.5 Å². The van der Waals surface area contributed by atoms with Gasteiger partial charge in [0.1, 0.15) is 19.8 Å². The monoisotopic (exact) mass is 506 g/mol. The molecule has 1 N–H and O–H groups in total. The van der Waals surface area contributed by atoms with Gasteiger partial charge in [0.2, 0.25) is 21.1 Å². The second kappa shape index (κ2) is 10.4. The van der Waals surface area contributed by atoms with Crippen molar-refractivity contribution in [2.45, 2.75) is 17.0 Å². The zero-order valence-electron chi connectivity index (χ0n) is 17.8. The molecule has 1 aliphatic rings. The molecule has 1 aromatic heterocycles. The van der Waals surface area contributed by atoms with E-state index in [1.54, 1.807) is 18.2 Å². The van der Waals surface area contributed by atoms with Crippen LogP contribution in [0, 0.1) is 0 Å². The molecule has 3 aromatic rings. The fourth-order valence-electron chi connectivity index (χ4n) is 3.02. The Morgan fingerprint density at radius 3 is 2.64 bits per heavy atom. The summed E-state index contributed by atoms with van der Waals surface area (Å²) in [5, 5.41) is 11.1. The third-order valence-corrected chi connectivity index (χ3v) is 8.44. The molecule has 1 aliphatic heterocycles. The molecule has 0 unspecified atom stereocenters. The predicted molar refractivity (Wildman–Crippen MR) is 129 cm³/mol. The molecular formula is C21H22N4O5S3. The van der Waals surface area contributed by atoms with E-state index in [-0.39, 0.29) is 5.75 Å². The molecule has 1 amide bonds. The van der Waals surface area contributed by atoms with Crippen LogP contribution in [-0.2, 0) is 20.6 Å². The first kappa shape index (κ1) is 23.3. The van der Waals surface area contributed by atoms with Crippen LogP contribution in [0.5, 0.6) is 11.5 Å². The normalized spacial score (nSPS) is 12.9. The largest absolute Gasteiger partial charge is 0.486 e. The molecule has 9 nitrogen and oxygen atoms in total. The third kappa shape index (κ3) is 5.95. The van der Waals surface area contributed by atoms with Gasteiger partial charge in [-0.05, 0) is 24.6 Å². The first-order chi connectivity index (χ1) is 15.9. The SMILES string of the molecule is CCS(=O)(=O)N(CC(=O)Nc1nnc(SCc2ccccc2)s1)c1ccc2c(c1)OCCO2. The number of benzene rings is 2. The Bertz CT molecular complexity index is 1220. The summed E-state index contributed by atoms with van der Waals surface area (Å²) < 4.78 is 38.3. The fraction of sp³-hybridized carbons (Fsp3) is 0.286. The van der Waals surface area contributed by atoms with Gasteiger partial charge in [0.25, 0.3) is 0 Å². The van der Waals surface area contributed by atoms with E-state index in [0.29, 0.717) is 39.9 Å². The Morgan fingerprint density at radius 1 is 1.12 bits per heavy atom. The number of anilines is 2. The Labute approximate surface area is 200 Å². The molecule has 0 spiro atoms. The van der Waals surface area contributed by atoms with Gasteiger partial charge in [-0.2, -0.15) is 0 Å². The minimum Gasteiger partial charge on any atom is -0.486 e. The van der Waals surface area contributed by atoms with Gasteiger partial charge in [-0.1, -0.05) is 53.4 Å². The average Bonchev–Trinajstić information content (AvgIpc) is 3.28. The van der Waals surface area contributed by atoms with Crippen molar-refractivity contribution in [2.24, 2.45) is 0 Å². The van der Waals surface area contributed by atoms with E-state index in [0.717, 1.165) is 15.6 Å². The highest BCUT2D eigenvalue weighted by Gasteiger charge is 2.26. The number of nitrogens with zero attached hydrogens (tertiary/aromatic N) is 3. The number of carbonyl (C=O) groups excluding carboxylic acids is 1. The summed E-state index contributed by atoms with van der Waals surface area (Å²) in [7, 11) is -3.72. The summed E-state index contributed by atoms with van der Waals surface area (Å²) in [6.45, 7) is 1.93. The first-order valence-electron chi connectivity index (χ1n) is 10.1. The van der Waals surface area contributed by atoms with Crippen LogP contribution in [0.15, 0.2) is 52.9 Å². The molecule has 0 saturated carbocycles. The van der Waals surface area contributed by atoms with Crippen LogP contribution in [0.4, 0.5) is 10.8 Å². The van der Waals surface area contributed by atoms with Crippen molar-refractivity contribution in [3.8, 4) is 11.5 Å². The van der Waals surface area contributed by atoms with E-state index in [2.05, 4.69) is 15.5 Å². The molecule has 0 atom stereocenters. The number of fused-ring (bicyclic) bond motifs is 1. The average molecular weight is 507 g/mol. The van der Waals surface area contributed by atoms with Crippen LogP contribution < -0.4 is 19.1 Å². The van der Waals surface area contributed by atoms with E-state index in [1.165, 1.54) is 30.0 Å². The molecule has 0 bridgehead atoms. The second-order valence-corrected chi connectivity index (χ2v) is 11.3. The lowest BCUT2D eigenvalue weighted by Gasteiger charge is -2.25. The van der Waals surface area contributed by atoms with Gasteiger partial charge in [-0.25, -0.2) is 8.42 Å². The number of rotatable bonds is 9. The summed E-state index contributed by atoms with van der Waals surface area (Å²) >= 11 is 2.75. The number of carbonyl (C=O) groups is 1. The first-order valence-corrected chi connectivity index (χ1v) is 13.6. The Kier molecular flexibility index (Phi) is 7.36. The smallest absolute Gasteiger partial charge is 0.246 e. The minimum atomic E-state index is -3.72. The summed E-state index contributed by atoms with van der Waals surface area (Å²) in [6.07, 6.45) is 0. The van der Waals surface area contributed by atoms with E-state index in [9.17, 15) is 13.2 Å². The summed E-state index contributed by atoms with van der Waals surface area (Å²) in [5.41, 5.74) is 1.48. The highest BCUT2D eigenvalue weighted by molar-refractivity contribution is 8.00. The molecule has 12 heteroatoms. The molecule has 0 radical (unpaired) electrons. The molecule has 0 saturated heterocycles. The summed E-state index contributed by atoms with van der Waals surface area (Å²) in [5.74, 6) is 1.04. The highest BCUT2D eigenvalue weighted by atomic mass is 32.2. The van der Waals surface area contributed by atoms with Crippen LogP contribution >= 0.6 is 23.1 Å². The number of amides is 1. The van der Waals surface area contributed by atoms with Crippen LogP contribution in [-0.4, -0.2) is 50.0 Å². The maximum atomic E-state index is 12.7. The quantitative estimate of drug-likeness (QED) is 0.347. The topological polar surface area (TPSA) is 111 Å². The lowest BCUT2D eigenvalue weighted by Crippen LogP contribution is -2.39. The lowest BCUT2D eigenvalue weighted by atomic mass is 10.2. The maximum Gasteiger partial charge on any atom is 0.246 e.